The predicted molar refractivity (Wildman–Crippen MR) is 105 cm³/mol. The molecule has 4 rings (SSSR count). The lowest BCUT2D eigenvalue weighted by atomic mass is 10.1. The first-order chi connectivity index (χ1) is 14.4. The third-order valence-corrected chi connectivity index (χ3v) is 4.65. The zero-order valence-corrected chi connectivity index (χ0v) is 16.8. The van der Waals surface area contributed by atoms with E-state index < -0.39 is 12.6 Å². The standard InChI is InChI=1S/C21H20N4O5/c1-13-9-17(15(3)25(13)20-10-14(2)30-23-20)18(26)12-28-21(27)19-6-5-16(29-19)11-24-8-4-7-22-24/h4-10H,11-12H2,1-3H3. The molecule has 30 heavy (non-hydrogen) atoms. The van der Waals surface area contributed by atoms with Gasteiger partial charge in [0.1, 0.15) is 11.5 Å². The summed E-state index contributed by atoms with van der Waals surface area (Å²) in [5, 5.41) is 8.08. The Kier molecular flexibility index (Phi) is 5.09. The van der Waals surface area contributed by atoms with Gasteiger partial charge in [-0.05, 0) is 45.0 Å². The number of hydrogen-bond donors (Lipinski definition) is 0. The van der Waals surface area contributed by atoms with Crippen molar-refractivity contribution in [1.82, 2.24) is 19.5 Å². The number of furan rings is 1. The highest BCUT2D eigenvalue weighted by atomic mass is 16.5. The largest absolute Gasteiger partial charge is 0.452 e. The molecule has 0 saturated heterocycles. The normalized spacial score (nSPS) is 11.0. The lowest BCUT2D eigenvalue weighted by Crippen LogP contribution is -2.14. The maximum atomic E-state index is 12.6. The molecule has 9 heteroatoms. The Morgan fingerprint density at radius 2 is 2.00 bits per heavy atom. The van der Waals surface area contributed by atoms with Gasteiger partial charge in [-0.1, -0.05) is 5.16 Å². The fourth-order valence-corrected chi connectivity index (χ4v) is 3.26. The molecule has 0 aliphatic rings. The molecule has 0 aliphatic carbocycles. The van der Waals surface area contributed by atoms with Crippen molar-refractivity contribution in [2.24, 2.45) is 0 Å². The van der Waals surface area contributed by atoms with Crippen LogP contribution in [-0.2, 0) is 11.3 Å². The topological polar surface area (TPSA) is 105 Å². The third-order valence-electron chi connectivity index (χ3n) is 4.65. The Balaban J connectivity index is 1.41. The number of aromatic nitrogens is 4. The lowest BCUT2D eigenvalue weighted by molar-refractivity contribution is 0.0442. The van der Waals surface area contributed by atoms with Crippen LogP contribution in [0.3, 0.4) is 0 Å². The Morgan fingerprint density at radius 3 is 2.70 bits per heavy atom. The van der Waals surface area contributed by atoms with Gasteiger partial charge in [0.25, 0.3) is 0 Å². The predicted octanol–water partition coefficient (Wildman–Crippen LogP) is 3.27. The van der Waals surface area contributed by atoms with Gasteiger partial charge in [0, 0.05) is 35.4 Å². The highest BCUT2D eigenvalue weighted by Gasteiger charge is 2.21. The van der Waals surface area contributed by atoms with Gasteiger partial charge in [0.15, 0.2) is 12.4 Å². The van der Waals surface area contributed by atoms with Crippen LogP contribution < -0.4 is 0 Å². The second kappa shape index (κ2) is 7.86. The van der Waals surface area contributed by atoms with Crippen molar-refractivity contribution < 1.29 is 23.3 Å². The Labute approximate surface area is 171 Å². The van der Waals surface area contributed by atoms with Gasteiger partial charge >= 0.3 is 5.97 Å². The van der Waals surface area contributed by atoms with Crippen LogP contribution in [0.2, 0.25) is 0 Å². The van der Waals surface area contributed by atoms with Crippen molar-refractivity contribution in [1.29, 1.82) is 0 Å². The first-order valence-electron chi connectivity index (χ1n) is 9.31. The maximum Gasteiger partial charge on any atom is 0.374 e. The molecule has 0 unspecified atom stereocenters. The average Bonchev–Trinajstić information content (AvgIpc) is 3.50. The number of Topliss-reactive ketones (excluding diaryl/α,β-unsaturated/α-hetero) is 1. The van der Waals surface area contributed by atoms with Gasteiger partial charge in [0.05, 0.1) is 6.54 Å². The minimum Gasteiger partial charge on any atom is -0.452 e. The summed E-state index contributed by atoms with van der Waals surface area (Å²) < 4.78 is 19.3. The molecule has 0 fully saturated rings. The average molecular weight is 408 g/mol. The SMILES string of the molecule is Cc1cc(-n2c(C)cc(C(=O)COC(=O)c3ccc(Cn4cccn4)o3)c2C)no1. The molecule has 4 aromatic heterocycles. The quantitative estimate of drug-likeness (QED) is 0.341. The number of carbonyl (C=O) groups excluding carboxylic acids is 2. The van der Waals surface area contributed by atoms with Crippen LogP contribution >= 0.6 is 0 Å². The summed E-state index contributed by atoms with van der Waals surface area (Å²) in [6.45, 7) is 5.47. The molecule has 0 aromatic carbocycles. The van der Waals surface area contributed by atoms with Crippen LogP contribution in [0.4, 0.5) is 0 Å². The summed E-state index contributed by atoms with van der Waals surface area (Å²) in [7, 11) is 0. The van der Waals surface area contributed by atoms with Crippen molar-refractivity contribution in [3.8, 4) is 5.82 Å². The first kappa shape index (κ1) is 19.4. The first-order valence-corrected chi connectivity index (χ1v) is 9.31. The molecule has 9 nitrogen and oxygen atoms in total. The summed E-state index contributed by atoms with van der Waals surface area (Å²) in [5.74, 6) is 0.850. The Hall–Kier alpha value is -3.88. The number of hydrogen-bond acceptors (Lipinski definition) is 7. The molecule has 0 radical (unpaired) electrons. The monoisotopic (exact) mass is 408 g/mol. The van der Waals surface area contributed by atoms with E-state index in [0.29, 0.717) is 35.1 Å². The van der Waals surface area contributed by atoms with Gasteiger partial charge < -0.3 is 13.7 Å². The number of esters is 1. The highest BCUT2D eigenvalue weighted by Crippen LogP contribution is 2.21. The van der Waals surface area contributed by atoms with Gasteiger partial charge in [0.2, 0.25) is 11.5 Å². The van der Waals surface area contributed by atoms with E-state index >= 15 is 0 Å². The van der Waals surface area contributed by atoms with Crippen molar-refractivity contribution in [3.05, 3.63) is 77.0 Å². The lowest BCUT2D eigenvalue weighted by Gasteiger charge is -2.05. The van der Waals surface area contributed by atoms with Gasteiger partial charge in [-0.25, -0.2) is 4.79 Å². The fourth-order valence-electron chi connectivity index (χ4n) is 3.26. The summed E-state index contributed by atoms with van der Waals surface area (Å²) in [6, 6.07) is 8.51. The van der Waals surface area contributed by atoms with Crippen molar-refractivity contribution in [2.45, 2.75) is 27.3 Å². The van der Waals surface area contributed by atoms with E-state index in [0.717, 1.165) is 5.69 Å². The van der Waals surface area contributed by atoms with E-state index in [1.165, 1.54) is 6.07 Å². The minimum atomic E-state index is -0.698. The highest BCUT2D eigenvalue weighted by molar-refractivity contribution is 6.00. The summed E-state index contributed by atoms with van der Waals surface area (Å²) in [4.78, 5) is 24.9. The molecule has 0 N–H and O–H groups in total. The number of rotatable bonds is 7. The van der Waals surface area contributed by atoms with Gasteiger partial charge in [-0.2, -0.15) is 5.10 Å². The van der Waals surface area contributed by atoms with Crippen LogP contribution in [0.5, 0.6) is 0 Å². The molecule has 0 saturated carbocycles. The number of carbonyl (C=O) groups is 2. The molecule has 154 valence electrons. The second-order valence-electron chi connectivity index (χ2n) is 6.88. The van der Waals surface area contributed by atoms with Crippen molar-refractivity contribution >= 4 is 11.8 Å². The van der Waals surface area contributed by atoms with E-state index in [1.807, 2.05) is 11.5 Å². The molecule has 0 aliphatic heterocycles. The zero-order chi connectivity index (χ0) is 21.3. The fraction of sp³-hybridized carbons (Fsp3) is 0.238. The van der Waals surface area contributed by atoms with E-state index in [1.54, 1.807) is 55.2 Å². The van der Waals surface area contributed by atoms with Crippen molar-refractivity contribution in [2.75, 3.05) is 6.61 Å². The van der Waals surface area contributed by atoms with E-state index in [9.17, 15) is 9.59 Å². The van der Waals surface area contributed by atoms with Crippen LogP contribution in [0, 0.1) is 20.8 Å². The van der Waals surface area contributed by atoms with Crippen LogP contribution in [0.25, 0.3) is 5.82 Å². The number of nitrogens with zero attached hydrogens (tertiary/aromatic N) is 4. The van der Waals surface area contributed by atoms with Gasteiger partial charge in [-0.15, -0.1) is 0 Å². The van der Waals surface area contributed by atoms with E-state index in [-0.39, 0.29) is 11.5 Å². The number of ether oxygens (including phenoxy) is 1. The molecule has 4 aromatic rings. The molecular formula is C21H20N4O5. The van der Waals surface area contributed by atoms with Crippen LogP contribution in [-0.4, -0.2) is 37.9 Å². The summed E-state index contributed by atoms with van der Waals surface area (Å²) >= 11 is 0. The molecule has 0 bridgehead atoms. The Bertz CT molecular complexity index is 1200. The maximum absolute atomic E-state index is 12.6. The molecule has 4 heterocycles. The summed E-state index contributed by atoms with van der Waals surface area (Å²) in [5.41, 5.74) is 1.98. The molecular weight excluding hydrogens is 388 g/mol. The third kappa shape index (κ3) is 3.82. The number of ketones is 1. The smallest absolute Gasteiger partial charge is 0.374 e. The molecule has 0 amide bonds. The van der Waals surface area contributed by atoms with Gasteiger partial charge in [-0.3, -0.25) is 14.0 Å². The number of aryl methyl sites for hydroxylation is 2. The molecule has 0 spiro atoms. The minimum absolute atomic E-state index is 0.0356. The molecule has 0 atom stereocenters. The van der Waals surface area contributed by atoms with Crippen LogP contribution in [0.1, 0.15) is 43.8 Å². The zero-order valence-electron chi connectivity index (χ0n) is 16.8. The summed E-state index contributed by atoms with van der Waals surface area (Å²) in [6.07, 6.45) is 3.44. The Morgan fingerprint density at radius 1 is 1.17 bits per heavy atom. The van der Waals surface area contributed by atoms with Crippen LogP contribution in [0.15, 0.2) is 51.7 Å². The van der Waals surface area contributed by atoms with E-state index in [4.69, 9.17) is 13.7 Å². The van der Waals surface area contributed by atoms with Crippen molar-refractivity contribution in [3.63, 3.8) is 0 Å². The second-order valence-corrected chi connectivity index (χ2v) is 6.88. The van der Waals surface area contributed by atoms with E-state index in [2.05, 4.69) is 10.3 Å².